The Balaban J connectivity index is 0.00000288. The quantitative estimate of drug-likeness (QED) is 0.482. The highest BCUT2D eigenvalue weighted by atomic mass is 35.5. The Morgan fingerprint density at radius 1 is 1.42 bits per heavy atom. The smallest absolute Gasteiger partial charge is 0.250 e. The molecule has 0 radical (unpaired) electrons. The first-order valence-corrected chi connectivity index (χ1v) is 7.75. The van der Waals surface area contributed by atoms with E-state index in [0.717, 1.165) is 0 Å². The van der Waals surface area contributed by atoms with Gasteiger partial charge in [0.05, 0.1) is 6.54 Å². The molecule has 1 aromatic carbocycles. The van der Waals surface area contributed by atoms with Crippen LogP contribution >= 0.6 is 12.4 Å². The van der Waals surface area contributed by atoms with E-state index in [4.69, 9.17) is 10.5 Å². The average molecular weight is 358 g/mol. The van der Waals surface area contributed by atoms with E-state index >= 15 is 0 Å². The van der Waals surface area contributed by atoms with E-state index < -0.39 is 18.1 Å². The van der Waals surface area contributed by atoms with Crippen LogP contribution in [0.25, 0.3) is 0 Å². The van der Waals surface area contributed by atoms with Gasteiger partial charge in [-0.15, -0.1) is 12.4 Å². The van der Waals surface area contributed by atoms with Gasteiger partial charge in [0.1, 0.15) is 18.5 Å². The molecule has 1 aliphatic rings. The number of rotatable bonds is 8. The number of carbonyl (C=O) groups excluding carboxylic acids is 2. The lowest BCUT2D eigenvalue weighted by Crippen LogP contribution is -2.48. The van der Waals surface area contributed by atoms with Gasteiger partial charge in [-0.1, -0.05) is 18.2 Å². The van der Waals surface area contributed by atoms with Crippen LogP contribution in [0.1, 0.15) is 12.8 Å². The van der Waals surface area contributed by atoms with Crippen LogP contribution in [-0.4, -0.2) is 48.8 Å². The number of amides is 2. The van der Waals surface area contributed by atoms with E-state index in [2.05, 4.69) is 10.6 Å². The van der Waals surface area contributed by atoms with Crippen LogP contribution in [0, 0.1) is 5.92 Å². The highest BCUT2D eigenvalue weighted by Crippen LogP contribution is 2.16. The molecule has 1 aliphatic heterocycles. The molecule has 0 aliphatic carbocycles. The van der Waals surface area contributed by atoms with Crippen molar-refractivity contribution in [2.24, 2.45) is 11.7 Å². The number of halogens is 1. The van der Waals surface area contributed by atoms with E-state index in [1.807, 2.05) is 30.3 Å². The lowest BCUT2D eigenvalue weighted by molar-refractivity contribution is -0.131. The number of carbonyl (C=O) groups is 2. The van der Waals surface area contributed by atoms with Gasteiger partial charge in [-0.3, -0.25) is 9.59 Å². The van der Waals surface area contributed by atoms with Crippen molar-refractivity contribution in [2.45, 2.75) is 25.0 Å². The van der Waals surface area contributed by atoms with Crippen LogP contribution in [0.3, 0.4) is 0 Å². The normalized spacial score (nSPS) is 18.9. The molecule has 2 amide bonds. The summed E-state index contributed by atoms with van der Waals surface area (Å²) >= 11 is 0. The summed E-state index contributed by atoms with van der Waals surface area (Å²) in [7, 11) is 0. The van der Waals surface area contributed by atoms with Crippen molar-refractivity contribution < 1.29 is 19.4 Å². The zero-order valence-corrected chi connectivity index (χ0v) is 14.1. The Hall–Kier alpha value is -1.83. The first kappa shape index (κ1) is 20.2. The molecule has 1 fully saturated rings. The molecule has 3 atom stereocenters. The molecule has 134 valence electrons. The van der Waals surface area contributed by atoms with Gasteiger partial charge in [-0.05, 0) is 25.0 Å². The minimum Gasteiger partial charge on any atom is -0.492 e. The second-order valence-corrected chi connectivity index (χ2v) is 5.57. The zero-order chi connectivity index (χ0) is 16.7. The maximum absolute atomic E-state index is 11.9. The summed E-state index contributed by atoms with van der Waals surface area (Å²) < 4.78 is 5.44. The molecule has 0 spiro atoms. The van der Waals surface area contributed by atoms with Crippen LogP contribution in [-0.2, 0) is 9.59 Å². The second kappa shape index (κ2) is 10.1. The van der Waals surface area contributed by atoms with E-state index in [0.29, 0.717) is 31.7 Å². The van der Waals surface area contributed by atoms with E-state index in [-0.39, 0.29) is 30.8 Å². The molecule has 1 heterocycles. The Bertz CT molecular complexity index is 529. The highest BCUT2D eigenvalue weighted by Gasteiger charge is 2.31. The van der Waals surface area contributed by atoms with Gasteiger partial charge in [-0.25, -0.2) is 0 Å². The number of ether oxygens (including phenoxy) is 1. The summed E-state index contributed by atoms with van der Waals surface area (Å²) in [5.74, 6) is -0.128. The van der Waals surface area contributed by atoms with Gasteiger partial charge in [0.25, 0.3) is 5.91 Å². The molecule has 24 heavy (non-hydrogen) atoms. The minimum absolute atomic E-state index is 0. The fourth-order valence-electron chi connectivity index (χ4n) is 2.49. The second-order valence-electron chi connectivity index (χ2n) is 5.57. The predicted octanol–water partition coefficient (Wildman–Crippen LogP) is -0.182. The van der Waals surface area contributed by atoms with Crippen molar-refractivity contribution in [3.05, 3.63) is 30.3 Å². The summed E-state index contributed by atoms with van der Waals surface area (Å²) in [6.07, 6.45) is -0.354. The van der Waals surface area contributed by atoms with Gasteiger partial charge >= 0.3 is 0 Å². The summed E-state index contributed by atoms with van der Waals surface area (Å²) in [6.45, 7) is 1.18. The first-order valence-electron chi connectivity index (χ1n) is 7.75. The highest BCUT2D eigenvalue weighted by molar-refractivity contribution is 5.85. The van der Waals surface area contributed by atoms with Crippen molar-refractivity contribution in [1.82, 2.24) is 10.6 Å². The molecule has 2 rings (SSSR count). The Morgan fingerprint density at radius 3 is 2.75 bits per heavy atom. The van der Waals surface area contributed by atoms with Gasteiger partial charge < -0.3 is 26.2 Å². The summed E-state index contributed by atoms with van der Waals surface area (Å²) in [4.78, 5) is 23.3. The average Bonchev–Trinajstić information content (AvgIpc) is 2.96. The molecule has 1 unspecified atom stereocenters. The maximum Gasteiger partial charge on any atom is 0.250 e. The lowest BCUT2D eigenvalue weighted by atomic mass is 9.95. The largest absolute Gasteiger partial charge is 0.492 e. The number of hydrogen-bond donors (Lipinski definition) is 4. The van der Waals surface area contributed by atoms with Crippen molar-refractivity contribution in [3.8, 4) is 5.75 Å². The topological polar surface area (TPSA) is 114 Å². The summed E-state index contributed by atoms with van der Waals surface area (Å²) in [6, 6.07) is 8.47. The lowest BCUT2D eigenvalue weighted by Gasteiger charge is -2.20. The maximum atomic E-state index is 11.9. The molecule has 1 saturated heterocycles. The molecule has 8 heteroatoms. The fourth-order valence-corrected chi connectivity index (χ4v) is 2.49. The number of nitrogens with two attached hydrogens (primary N) is 1. The fraction of sp³-hybridized carbons (Fsp3) is 0.500. The van der Waals surface area contributed by atoms with Crippen molar-refractivity contribution in [2.75, 3.05) is 19.7 Å². The third kappa shape index (κ3) is 5.99. The Labute approximate surface area is 147 Å². The van der Waals surface area contributed by atoms with Crippen molar-refractivity contribution in [1.29, 1.82) is 0 Å². The minimum atomic E-state index is -1.33. The van der Waals surface area contributed by atoms with Crippen LogP contribution in [0.5, 0.6) is 5.75 Å². The van der Waals surface area contributed by atoms with Gasteiger partial charge in [0.2, 0.25) is 5.91 Å². The molecule has 1 aromatic rings. The van der Waals surface area contributed by atoms with Crippen LogP contribution in [0.15, 0.2) is 30.3 Å². The summed E-state index contributed by atoms with van der Waals surface area (Å²) in [5, 5.41) is 15.2. The number of benzene rings is 1. The molecule has 5 N–H and O–H groups in total. The predicted molar refractivity (Wildman–Crippen MR) is 91.9 cm³/mol. The number of para-hydroxylation sites is 1. The van der Waals surface area contributed by atoms with Crippen LogP contribution in [0.4, 0.5) is 0 Å². The standard InChI is InChI=1S/C16H23N3O4.ClH/c17-13(10-11-6-7-18-15(11)21)14(20)16(22)19-8-9-23-12-4-2-1-3-5-12;/h1-5,11,13-14,20H,6-10,17H2,(H,18,21)(H,19,22);1H/t11-,13-,14?;/m0./s1. The monoisotopic (exact) mass is 357 g/mol. The Kier molecular flexibility index (Phi) is 8.53. The third-order valence-electron chi connectivity index (χ3n) is 3.81. The number of hydrogen-bond acceptors (Lipinski definition) is 5. The van der Waals surface area contributed by atoms with Crippen LogP contribution < -0.4 is 21.1 Å². The van der Waals surface area contributed by atoms with E-state index in [1.54, 1.807) is 0 Å². The third-order valence-corrected chi connectivity index (χ3v) is 3.81. The van der Waals surface area contributed by atoms with Crippen molar-refractivity contribution >= 4 is 24.2 Å². The molecular weight excluding hydrogens is 334 g/mol. The summed E-state index contributed by atoms with van der Waals surface area (Å²) in [5.41, 5.74) is 5.83. The van der Waals surface area contributed by atoms with E-state index in [9.17, 15) is 14.7 Å². The van der Waals surface area contributed by atoms with Gasteiger partial charge in [-0.2, -0.15) is 0 Å². The number of aliphatic hydroxyl groups excluding tert-OH is 1. The molecule has 7 nitrogen and oxygen atoms in total. The van der Waals surface area contributed by atoms with Crippen LogP contribution in [0.2, 0.25) is 0 Å². The molecule has 0 saturated carbocycles. The SMILES string of the molecule is Cl.N[C@@H](C[C@@H]1CCNC1=O)C(O)C(=O)NCCOc1ccccc1. The van der Waals surface area contributed by atoms with Crippen molar-refractivity contribution in [3.63, 3.8) is 0 Å². The number of aliphatic hydroxyl groups is 1. The Morgan fingerprint density at radius 2 is 2.12 bits per heavy atom. The molecule has 0 bridgehead atoms. The van der Waals surface area contributed by atoms with Gasteiger partial charge in [0, 0.05) is 18.5 Å². The zero-order valence-electron chi connectivity index (χ0n) is 13.3. The van der Waals surface area contributed by atoms with E-state index in [1.165, 1.54) is 0 Å². The molecular formula is C16H24ClN3O4. The van der Waals surface area contributed by atoms with Gasteiger partial charge in [0.15, 0.2) is 0 Å². The molecule has 0 aromatic heterocycles. The number of nitrogens with one attached hydrogen (secondary N) is 2. The first-order chi connectivity index (χ1) is 11.1.